The van der Waals surface area contributed by atoms with Gasteiger partial charge < -0.3 is 10.5 Å². The Morgan fingerprint density at radius 2 is 1.88 bits per heavy atom. The molecule has 0 saturated heterocycles. The van der Waals surface area contributed by atoms with Crippen molar-refractivity contribution in [1.82, 2.24) is 0 Å². The summed E-state index contributed by atoms with van der Waals surface area (Å²) < 4.78 is 5.56. The van der Waals surface area contributed by atoms with Gasteiger partial charge in [0, 0.05) is 6.04 Å². The molecule has 2 N–H and O–H groups in total. The van der Waals surface area contributed by atoms with Crippen molar-refractivity contribution < 1.29 is 4.74 Å². The van der Waals surface area contributed by atoms with Crippen molar-refractivity contribution in [3.05, 3.63) is 29.8 Å². The van der Waals surface area contributed by atoms with Crippen molar-refractivity contribution in [2.45, 2.75) is 39.3 Å². The van der Waals surface area contributed by atoms with E-state index in [0.29, 0.717) is 0 Å². The molecule has 0 amide bonds. The summed E-state index contributed by atoms with van der Waals surface area (Å²) >= 11 is 0. The Morgan fingerprint density at radius 3 is 2.29 bits per heavy atom. The molecule has 2 unspecified atom stereocenters. The first-order valence-electron chi connectivity index (χ1n) is 6.00. The van der Waals surface area contributed by atoms with E-state index in [1.807, 2.05) is 45.0 Å². The van der Waals surface area contributed by atoms with Gasteiger partial charge in [-0.05, 0) is 38.0 Å². The molecule has 1 aromatic carbocycles. The van der Waals surface area contributed by atoms with Crippen molar-refractivity contribution in [2.75, 3.05) is 0 Å². The van der Waals surface area contributed by atoms with Crippen LogP contribution in [0.2, 0.25) is 0 Å². The van der Waals surface area contributed by atoms with Crippen molar-refractivity contribution in [2.24, 2.45) is 11.7 Å². The van der Waals surface area contributed by atoms with E-state index in [4.69, 9.17) is 15.7 Å². The second kappa shape index (κ2) is 6.27. The third-order valence-electron chi connectivity index (χ3n) is 2.68. The molecule has 3 heteroatoms. The molecule has 0 aliphatic heterocycles. The van der Waals surface area contributed by atoms with E-state index < -0.39 is 0 Å². The van der Waals surface area contributed by atoms with E-state index in [0.717, 1.165) is 17.7 Å². The quantitative estimate of drug-likeness (QED) is 0.848. The fourth-order valence-corrected chi connectivity index (χ4v) is 1.70. The average Bonchev–Trinajstić information content (AvgIpc) is 2.30. The zero-order valence-corrected chi connectivity index (χ0v) is 10.7. The molecule has 0 fully saturated rings. The lowest BCUT2D eigenvalue weighted by atomic mass is 9.93. The first-order chi connectivity index (χ1) is 8.08. The molecule has 0 bridgehead atoms. The smallest absolute Gasteiger partial charge is 0.119 e. The number of hydrogen-bond donors (Lipinski definition) is 1. The van der Waals surface area contributed by atoms with Gasteiger partial charge in [0.2, 0.25) is 0 Å². The summed E-state index contributed by atoms with van der Waals surface area (Å²) in [6, 6.07) is 9.69. The SMILES string of the molecule is CCC(C#N)C(N)c1ccc(OC(C)C)cc1. The summed E-state index contributed by atoms with van der Waals surface area (Å²) in [6.45, 7) is 5.95. The minimum Gasteiger partial charge on any atom is -0.491 e. The molecule has 0 aliphatic carbocycles. The predicted octanol–water partition coefficient (Wildman–Crippen LogP) is 3.02. The van der Waals surface area contributed by atoms with E-state index in [2.05, 4.69) is 6.07 Å². The molecule has 92 valence electrons. The van der Waals surface area contributed by atoms with Gasteiger partial charge in [0.15, 0.2) is 0 Å². The van der Waals surface area contributed by atoms with Crippen LogP contribution in [0.25, 0.3) is 0 Å². The van der Waals surface area contributed by atoms with Crippen molar-refractivity contribution >= 4 is 0 Å². The van der Waals surface area contributed by atoms with Crippen LogP contribution >= 0.6 is 0 Å². The molecule has 0 radical (unpaired) electrons. The monoisotopic (exact) mass is 232 g/mol. The summed E-state index contributed by atoms with van der Waals surface area (Å²) in [5, 5.41) is 8.98. The minimum atomic E-state index is -0.224. The lowest BCUT2D eigenvalue weighted by Crippen LogP contribution is -2.19. The van der Waals surface area contributed by atoms with Crippen molar-refractivity contribution in [3.63, 3.8) is 0 Å². The molecule has 0 heterocycles. The highest BCUT2D eigenvalue weighted by molar-refractivity contribution is 5.30. The molecule has 17 heavy (non-hydrogen) atoms. The zero-order chi connectivity index (χ0) is 12.8. The third kappa shape index (κ3) is 3.76. The Balaban J connectivity index is 2.77. The largest absolute Gasteiger partial charge is 0.491 e. The van der Waals surface area contributed by atoms with Gasteiger partial charge in [-0.1, -0.05) is 19.1 Å². The van der Waals surface area contributed by atoms with Crippen LogP contribution in [-0.2, 0) is 0 Å². The summed E-state index contributed by atoms with van der Waals surface area (Å²) in [6.07, 6.45) is 0.930. The fraction of sp³-hybridized carbons (Fsp3) is 0.500. The molecule has 0 aliphatic rings. The molecular weight excluding hydrogens is 212 g/mol. The molecule has 0 spiro atoms. The van der Waals surface area contributed by atoms with Gasteiger partial charge in [0.05, 0.1) is 18.1 Å². The van der Waals surface area contributed by atoms with Crippen LogP contribution in [0.15, 0.2) is 24.3 Å². The second-order valence-corrected chi connectivity index (χ2v) is 4.41. The average molecular weight is 232 g/mol. The number of nitriles is 1. The second-order valence-electron chi connectivity index (χ2n) is 4.41. The van der Waals surface area contributed by atoms with Crippen LogP contribution in [0.4, 0.5) is 0 Å². The summed E-state index contributed by atoms with van der Waals surface area (Å²) in [4.78, 5) is 0. The van der Waals surface area contributed by atoms with Crippen LogP contribution in [0.1, 0.15) is 38.8 Å². The molecule has 0 aromatic heterocycles. The van der Waals surface area contributed by atoms with Crippen molar-refractivity contribution in [3.8, 4) is 11.8 Å². The minimum absolute atomic E-state index is 0.133. The molecular formula is C14H20N2O. The Kier molecular flexibility index (Phi) is 4.99. The number of ether oxygens (including phenoxy) is 1. The molecule has 1 rings (SSSR count). The van der Waals surface area contributed by atoms with Gasteiger partial charge >= 0.3 is 0 Å². The number of nitrogens with zero attached hydrogens (tertiary/aromatic N) is 1. The van der Waals surface area contributed by atoms with Gasteiger partial charge in [-0.2, -0.15) is 5.26 Å². The van der Waals surface area contributed by atoms with E-state index >= 15 is 0 Å². The Morgan fingerprint density at radius 1 is 1.29 bits per heavy atom. The maximum absolute atomic E-state index is 8.98. The number of rotatable bonds is 5. The van der Waals surface area contributed by atoms with Gasteiger partial charge in [0.1, 0.15) is 5.75 Å². The van der Waals surface area contributed by atoms with Gasteiger partial charge in [0.25, 0.3) is 0 Å². The van der Waals surface area contributed by atoms with E-state index in [1.165, 1.54) is 0 Å². The zero-order valence-electron chi connectivity index (χ0n) is 10.7. The van der Waals surface area contributed by atoms with Crippen LogP contribution in [-0.4, -0.2) is 6.10 Å². The van der Waals surface area contributed by atoms with E-state index in [9.17, 15) is 0 Å². The number of benzene rings is 1. The molecule has 3 nitrogen and oxygen atoms in total. The summed E-state index contributed by atoms with van der Waals surface area (Å²) in [7, 11) is 0. The number of hydrogen-bond acceptors (Lipinski definition) is 3. The first kappa shape index (κ1) is 13.5. The standard InChI is InChI=1S/C14H20N2O/c1-4-11(9-15)14(16)12-5-7-13(8-6-12)17-10(2)3/h5-8,10-11,14H,4,16H2,1-3H3. The Hall–Kier alpha value is -1.53. The Labute approximate surface area is 103 Å². The van der Waals surface area contributed by atoms with E-state index in [-0.39, 0.29) is 18.1 Å². The van der Waals surface area contributed by atoms with Gasteiger partial charge in [-0.3, -0.25) is 0 Å². The normalized spacial score (nSPS) is 14.1. The van der Waals surface area contributed by atoms with E-state index in [1.54, 1.807) is 0 Å². The topological polar surface area (TPSA) is 59.0 Å². The number of nitrogens with two attached hydrogens (primary N) is 1. The van der Waals surface area contributed by atoms with Crippen LogP contribution in [0, 0.1) is 17.2 Å². The van der Waals surface area contributed by atoms with Crippen LogP contribution < -0.4 is 10.5 Å². The van der Waals surface area contributed by atoms with Crippen molar-refractivity contribution in [1.29, 1.82) is 5.26 Å². The highest BCUT2D eigenvalue weighted by atomic mass is 16.5. The maximum Gasteiger partial charge on any atom is 0.119 e. The summed E-state index contributed by atoms with van der Waals surface area (Å²) in [5.74, 6) is 0.702. The molecule has 0 saturated carbocycles. The van der Waals surface area contributed by atoms with Gasteiger partial charge in [-0.25, -0.2) is 0 Å². The molecule has 2 atom stereocenters. The van der Waals surface area contributed by atoms with Gasteiger partial charge in [-0.15, -0.1) is 0 Å². The van der Waals surface area contributed by atoms with Crippen LogP contribution in [0.5, 0.6) is 5.75 Å². The predicted molar refractivity (Wildman–Crippen MR) is 68.5 cm³/mol. The first-order valence-corrected chi connectivity index (χ1v) is 6.00. The summed E-state index contributed by atoms with van der Waals surface area (Å²) in [5.41, 5.74) is 7.03. The fourth-order valence-electron chi connectivity index (χ4n) is 1.70. The maximum atomic E-state index is 8.98. The van der Waals surface area contributed by atoms with Crippen LogP contribution in [0.3, 0.4) is 0 Å². The lowest BCUT2D eigenvalue weighted by molar-refractivity contribution is 0.242. The highest BCUT2D eigenvalue weighted by Gasteiger charge is 2.17. The lowest BCUT2D eigenvalue weighted by Gasteiger charge is -2.17. The third-order valence-corrected chi connectivity index (χ3v) is 2.68. The highest BCUT2D eigenvalue weighted by Crippen LogP contribution is 2.24. The Bertz CT molecular complexity index is 378. The molecule has 1 aromatic rings.